The van der Waals surface area contributed by atoms with Crippen molar-refractivity contribution in [2.45, 2.75) is 6.04 Å². The second-order valence-electron chi connectivity index (χ2n) is 6.34. The van der Waals surface area contributed by atoms with E-state index in [1.807, 2.05) is 22.4 Å². The molecule has 2 saturated heterocycles. The van der Waals surface area contributed by atoms with Crippen LogP contribution in [-0.2, 0) is 0 Å². The molecule has 2 aromatic heterocycles. The van der Waals surface area contributed by atoms with Gasteiger partial charge in [0.25, 0.3) is 5.91 Å². The second-order valence-corrected chi connectivity index (χ2v) is 7.29. The lowest BCUT2D eigenvalue weighted by Gasteiger charge is -2.46. The molecular formula is C16H21N5OS. The summed E-state index contributed by atoms with van der Waals surface area (Å²) in [6.45, 7) is 5.83. The highest BCUT2D eigenvalue weighted by atomic mass is 32.1. The molecule has 23 heavy (non-hydrogen) atoms. The molecule has 1 N–H and O–H groups in total. The molecule has 2 aliphatic rings. The molecule has 0 spiro atoms. The summed E-state index contributed by atoms with van der Waals surface area (Å²) in [5, 5.41) is 9.10. The van der Waals surface area contributed by atoms with Gasteiger partial charge in [-0.1, -0.05) is 6.07 Å². The lowest BCUT2D eigenvalue weighted by Crippen LogP contribution is -2.62. The summed E-state index contributed by atoms with van der Waals surface area (Å²) in [7, 11) is 2.16. The Labute approximate surface area is 139 Å². The summed E-state index contributed by atoms with van der Waals surface area (Å²) in [4.78, 5) is 20.9. The van der Waals surface area contributed by atoms with E-state index in [9.17, 15) is 4.79 Å². The molecule has 0 radical (unpaired) electrons. The first-order valence-corrected chi connectivity index (χ1v) is 8.89. The summed E-state index contributed by atoms with van der Waals surface area (Å²) < 4.78 is 0. The minimum atomic E-state index is 0.0926. The van der Waals surface area contributed by atoms with E-state index < -0.39 is 0 Å². The number of aromatic nitrogens is 2. The predicted molar refractivity (Wildman–Crippen MR) is 90.7 cm³/mol. The average molecular weight is 331 g/mol. The van der Waals surface area contributed by atoms with Gasteiger partial charge in [0.05, 0.1) is 22.3 Å². The van der Waals surface area contributed by atoms with Gasteiger partial charge in [-0.25, -0.2) is 0 Å². The summed E-state index contributed by atoms with van der Waals surface area (Å²) in [5.41, 5.74) is 1.53. The van der Waals surface area contributed by atoms with Crippen molar-refractivity contribution < 1.29 is 4.79 Å². The topological polar surface area (TPSA) is 55.5 Å². The number of hydrogen-bond donors (Lipinski definition) is 1. The Morgan fingerprint density at radius 3 is 3.00 bits per heavy atom. The second kappa shape index (κ2) is 6.07. The minimum Gasteiger partial charge on any atom is -0.336 e. The molecule has 0 aliphatic carbocycles. The number of rotatable bonds is 2. The van der Waals surface area contributed by atoms with Crippen LogP contribution in [0.25, 0.3) is 10.6 Å². The number of carbonyl (C=O) groups is 1. The third kappa shape index (κ3) is 2.80. The van der Waals surface area contributed by atoms with Crippen LogP contribution in [0.15, 0.2) is 23.7 Å². The summed E-state index contributed by atoms with van der Waals surface area (Å²) in [6.07, 6.45) is 1.66. The number of carbonyl (C=O) groups excluding carboxylic acids is 1. The lowest BCUT2D eigenvalue weighted by atomic mass is 10.1. The fraction of sp³-hybridized carbons (Fsp3) is 0.500. The zero-order valence-corrected chi connectivity index (χ0v) is 14.1. The number of hydrogen-bond acceptors (Lipinski definition) is 5. The maximum atomic E-state index is 13.0. The van der Waals surface area contributed by atoms with Crippen molar-refractivity contribution in [1.29, 1.82) is 0 Å². The Balaban J connectivity index is 1.53. The van der Waals surface area contributed by atoms with Crippen LogP contribution in [0, 0.1) is 0 Å². The summed E-state index contributed by atoms with van der Waals surface area (Å²) >= 11 is 1.62. The first kappa shape index (κ1) is 14.9. The zero-order valence-electron chi connectivity index (χ0n) is 13.2. The third-order valence-electron chi connectivity index (χ3n) is 4.82. The first-order valence-electron chi connectivity index (χ1n) is 8.01. The van der Waals surface area contributed by atoms with Gasteiger partial charge in [-0.2, -0.15) is 5.10 Å². The number of nitrogens with zero attached hydrogens (tertiary/aromatic N) is 4. The third-order valence-corrected chi connectivity index (χ3v) is 5.71. The van der Waals surface area contributed by atoms with Gasteiger partial charge in [0.2, 0.25) is 0 Å². The predicted octanol–water partition coefficient (Wildman–Crippen LogP) is 1.21. The Hall–Kier alpha value is -1.70. The van der Waals surface area contributed by atoms with E-state index in [0.717, 1.165) is 49.8 Å². The van der Waals surface area contributed by atoms with Crippen LogP contribution in [0.4, 0.5) is 0 Å². The number of fused-ring (bicyclic) bond motifs is 1. The number of thiophene rings is 1. The van der Waals surface area contributed by atoms with Crippen LogP contribution >= 0.6 is 11.3 Å². The largest absolute Gasteiger partial charge is 0.336 e. The van der Waals surface area contributed by atoms with Gasteiger partial charge in [-0.3, -0.25) is 14.8 Å². The Morgan fingerprint density at radius 1 is 1.30 bits per heavy atom. The van der Waals surface area contributed by atoms with Gasteiger partial charge >= 0.3 is 0 Å². The van der Waals surface area contributed by atoms with Crippen molar-refractivity contribution in [2.75, 3.05) is 46.3 Å². The average Bonchev–Trinajstić information content (AvgIpc) is 3.24. The molecule has 1 atom stereocenters. The maximum Gasteiger partial charge on any atom is 0.257 e. The molecule has 7 heteroatoms. The Bertz CT molecular complexity index is 682. The van der Waals surface area contributed by atoms with E-state index in [-0.39, 0.29) is 5.91 Å². The van der Waals surface area contributed by atoms with Gasteiger partial charge in [0, 0.05) is 45.3 Å². The van der Waals surface area contributed by atoms with Gasteiger partial charge in [-0.05, 0) is 18.5 Å². The molecule has 4 heterocycles. The molecule has 6 nitrogen and oxygen atoms in total. The molecule has 0 saturated carbocycles. The van der Waals surface area contributed by atoms with Crippen LogP contribution in [0.1, 0.15) is 10.4 Å². The van der Waals surface area contributed by atoms with Crippen LogP contribution in [0.3, 0.4) is 0 Å². The zero-order chi connectivity index (χ0) is 15.8. The van der Waals surface area contributed by atoms with Crippen LogP contribution in [0.2, 0.25) is 0 Å². The quantitative estimate of drug-likeness (QED) is 0.899. The molecular weight excluding hydrogens is 310 g/mol. The lowest BCUT2D eigenvalue weighted by molar-refractivity contribution is 0.0190. The van der Waals surface area contributed by atoms with Gasteiger partial charge in [0.1, 0.15) is 0 Å². The fourth-order valence-electron chi connectivity index (χ4n) is 3.52. The number of amides is 1. The highest BCUT2D eigenvalue weighted by Crippen LogP contribution is 2.27. The van der Waals surface area contributed by atoms with E-state index in [1.165, 1.54) is 0 Å². The minimum absolute atomic E-state index is 0.0926. The standard InChI is InChI=1S/C16H21N5OS/c1-19-4-5-20-6-7-21(11-12(20)10-19)16(22)13-9-17-18-15(13)14-3-2-8-23-14/h2-3,8-9,12H,4-7,10-11H2,1H3,(H,17,18)/t12-/m1/s1. The Morgan fingerprint density at radius 2 is 2.17 bits per heavy atom. The number of aromatic amines is 1. The van der Waals surface area contributed by atoms with Crippen LogP contribution in [0.5, 0.6) is 0 Å². The van der Waals surface area contributed by atoms with Crippen LogP contribution < -0.4 is 0 Å². The van der Waals surface area contributed by atoms with Gasteiger partial charge < -0.3 is 9.80 Å². The van der Waals surface area contributed by atoms with Gasteiger partial charge in [-0.15, -0.1) is 11.3 Å². The highest BCUT2D eigenvalue weighted by molar-refractivity contribution is 7.13. The molecule has 1 amide bonds. The number of nitrogens with one attached hydrogen (secondary N) is 1. The Kier molecular flexibility index (Phi) is 3.92. The maximum absolute atomic E-state index is 13.0. The van der Waals surface area contributed by atoms with Crippen molar-refractivity contribution in [3.05, 3.63) is 29.3 Å². The molecule has 0 aromatic carbocycles. The van der Waals surface area contributed by atoms with Crippen molar-refractivity contribution in [3.8, 4) is 10.6 Å². The smallest absolute Gasteiger partial charge is 0.257 e. The summed E-state index contributed by atoms with van der Waals surface area (Å²) in [5.74, 6) is 0.0926. The van der Waals surface area contributed by atoms with E-state index in [0.29, 0.717) is 11.6 Å². The molecule has 2 aliphatic heterocycles. The monoisotopic (exact) mass is 331 g/mol. The molecule has 2 aromatic rings. The normalized spacial score (nSPS) is 23.0. The molecule has 0 bridgehead atoms. The number of likely N-dealkylation sites (N-methyl/N-ethyl adjacent to an activating group) is 1. The van der Waals surface area contributed by atoms with E-state index >= 15 is 0 Å². The van der Waals surface area contributed by atoms with Crippen molar-refractivity contribution in [2.24, 2.45) is 0 Å². The van der Waals surface area contributed by atoms with E-state index in [1.54, 1.807) is 17.5 Å². The van der Waals surface area contributed by atoms with Crippen molar-refractivity contribution in [1.82, 2.24) is 24.9 Å². The fourth-order valence-corrected chi connectivity index (χ4v) is 4.26. The van der Waals surface area contributed by atoms with Crippen molar-refractivity contribution in [3.63, 3.8) is 0 Å². The molecule has 122 valence electrons. The van der Waals surface area contributed by atoms with Gasteiger partial charge in [0.15, 0.2) is 0 Å². The van der Waals surface area contributed by atoms with Crippen molar-refractivity contribution >= 4 is 17.2 Å². The van der Waals surface area contributed by atoms with Crippen LogP contribution in [-0.4, -0.2) is 83.2 Å². The van der Waals surface area contributed by atoms with E-state index in [4.69, 9.17) is 0 Å². The molecule has 0 unspecified atom stereocenters. The summed E-state index contributed by atoms with van der Waals surface area (Å²) in [6, 6.07) is 4.46. The molecule has 4 rings (SSSR count). The number of H-pyrrole nitrogens is 1. The molecule has 2 fully saturated rings. The van der Waals surface area contributed by atoms with E-state index in [2.05, 4.69) is 27.0 Å². The SMILES string of the molecule is CN1CCN2CCN(C(=O)c3cn[nH]c3-c3cccs3)C[C@H]2C1. The highest BCUT2D eigenvalue weighted by Gasteiger charge is 2.34. The number of piperazine rings is 2. The first-order chi connectivity index (χ1) is 11.2.